The van der Waals surface area contributed by atoms with E-state index >= 15 is 0 Å². The number of anilines is 1. The Bertz CT molecular complexity index is 1400. The van der Waals surface area contributed by atoms with Crippen molar-refractivity contribution in [3.05, 3.63) is 98.5 Å². The predicted molar refractivity (Wildman–Crippen MR) is 149 cm³/mol. The molecule has 0 saturated carbocycles. The monoisotopic (exact) mass is 537 g/mol. The molecule has 3 aromatic carbocycles. The van der Waals surface area contributed by atoms with E-state index in [1.165, 1.54) is 4.90 Å². The fourth-order valence-corrected chi connectivity index (χ4v) is 4.81. The molecule has 3 aromatic rings. The molecule has 1 aliphatic rings. The Morgan fingerprint density at radius 2 is 1.68 bits per heavy atom. The van der Waals surface area contributed by atoms with E-state index in [1.54, 1.807) is 36.4 Å². The van der Waals surface area contributed by atoms with Crippen molar-refractivity contribution in [2.45, 2.75) is 46.1 Å². The molecule has 37 heavy (non-hydrogen) atoms. The van der Waals surface area contributed by atoms with E-state index < -0.39 is 17.7 Å². The van der Waals surface area contributed by atoms with Crippen LogP contribution in [0.4, 0.5) is 5.69 Å². The first kappa shape index (κ1) is 26.8. The lowest BCUT2D eigenvalue weighted by molar-refractivity contribution is -0.132. The van der Waals surface area contributed by atoms with Gasteiger partial charge in [-0.2, -0.15) is 0 Å². The average molecular weight is 538 g/mol. The van der Waals surface area contributed by atoms with Gasteiger partial charge >= 0.3 is 0 Å². The lowest BCUT2D eigenvalue weighted by atomic mass is 9.85. The number of aliphatic hydroxyl groups excluding tert-OH is 1. The number of nitrogens with zero attached hydrogens (tertiary/aromatic N) is 1. The molecule has 1 saturated heterocycles. The van der Waals surface area contributed by atoms with Crippen molar-refractivity contribution in [1.29, 1.82) is 0 Å². The van der Waals surface area contributed by atoms with Gasteiger partial charge in [0.05, 0.1) is 23.2 Å². The molecule has 0 spiro atoms. The molecule has 192 valence electrons. The lowest BCUT2D eigenvalue weighted by Gasteiger charge is -2.28. The Kier molecular flexibility index (Phi) is 7.40. The summed E-state index contributed by atoms with van der Waals surface area (Å²) in [6.07, 6.45) is 0. The van der Waals surface area contributed by atoms with Gasteiger partial charge in [0.15, 0.2) is 0 Å². The second-order valence-corrected chi connectivity index (χ2v) is 10.9. The molecule has 1 heterocycles. The molecule has 5 nitrogen and oxygen atoms in total. The van der Waals surface area contributed by atoms with Crippen LogP contribution in [0.3, 0.4) is 0 Å². The maximum Gasteiger partial charge on any atom is 0.300 e. The highest BCUT2D eigenvalue weighted by Gasteiger charge is 2.47. The molecule has 1 unspecified atom stereocenters. The second kappa shape index (κ2) is 10.2. The largest absolute Gasteiger partial charge is 0.507 e. The summed E-state index contributed by atoms with van der Waals surface area (Å²) in [6.45, 7) is 10.4. The second-order valence-electron chi connectivity index (χ2n) is 10.1. The van der Waals surface area contributed by atoms with Crippen LogP contribution in [-0.4, -0.2) is 23.4 Å². The van der Waals surface area contributed by atoms with Crippen molar-refractivity contribution in [3.63, 3.8) is 0 Å². The van der Waals surface area contributed by atoms with Gasteiger partial charge in [-0.05, 0) is 66.3 Å². The quantitative estimate of drug-likeness (QED) is 0.206. The summed E-state index contributed by atoms with van der Waals surface area (Å²) < 4.78 is 5.57. The van der Waals surface area contributed by atoms with Crippen LogP contribution in [0.1, 0.15) is 56.0 Å². The highest BCUT2D eigenvalue weighted by molar-refractivity contribution is 6.52. The third kappa shape index (κ3) is 5.11. The maximum absolute atomic E-state index is 13.5. The number of benzene rings is 3. The lowest BCUT2D eigenvalue weighted by Crippen LogP contribution is -2.30. The third-order valence-corrected chi connectivity index (χ3v) is 7.02. The summed E-state index contributed by atoms with van der Waals surface area (Å²) in [6, 6.07) is 16.8. The molecule has 1 amide bonds. The number of hydrogen-bond acceptors (Lipinski definition) is 4. The van der Waals surface area contributed by atoms with Gasteiger partial charge in [-0.3, -0.25) is 14.5 Å². The Balaban J connectivity index is 1.96. The molecule has 0 aromatic heterocycles. The van der Waals surface area contributed by atoms with Gasteiger partial charge in [-0.1, -0.05) is 74.3 Å². The number of halogens is 2. The minimum atomic E-state index is -0.864. The number of ether oxygens (including phenoxy) is 1. The number of hydrogen-bond donors (Lipinski definition) is 1. The van der Waals surface area contributed by atoms with Crippen LogP contribution >= 0.6 is 23.2 Å². The van der Waals surface area contributed by atoms with E-state index in [0.717, 1.165) is 11.1 Å². The molecule has 0 bridgehead atoms. The van der Waals surface area contributed by atoms with Crippen molar-refractivity contribution < 1.29 is 19.4 Å². The standard InChI is InChI=1S/C30H29Cl2NO4/c1-6-37-24-15-19(10-14-22(24)32)27(34)25-26(18-8-11-20(12-9-18)30(3,4)5)33(29(36)28(25)35)23-16-21(31)13-7-17(23)2/h7-16,26,34H,6H2,1-5H3/b27-25+. The van der Waals surface area contributed by atoms with Gasteiger partial charge in [-0.25, -0.2) is 0 Å². The Hall–Kier alpha value is -3.28. The summed E-state index contributed by atoms with van der Waals surface area (Å²) in [7, 11) is 0. The fourth-order valence-electron chi connectivity index (χ4n) is 4.48. The minimum absolute atomic E-state index is 0.0161. The summed E-state index contributed by atoms with van der Waals surface area (Å²) in [5, 5.41) is 12.3. The van der Waals surface area contributed by atoms with Crippen LogP contribution in [0, 0.1) is 6.92 Å². The SMILES string of the molecule is CCOc1cc(/C(O)=C2\C(=O)C(=O)N(c3cc(Cl)ccc3C)C2c2ccc(C(C)(C)C)cc2)ccc1Cl. The van der Waals surface area contributed by atoms with E-state index in [9.17, 15) is 14.7 Å². The van der Waals surface area contributed by atoms with Gasteiger partial charge < -0.3 is 9.84 Å². The van der Waals surface area contributed by atoms with Gasteiger partial charge in [0, 0.05) is 16.3 Å². The zero-order valence-electron chi connectivity index (χ0n) is 21.4. The van der Waals surface area contributed by atoms with E-state index in [0.29, 0.717) is 39.2 Å². The molecule has 4 rings (SSSR count). The van der Waals surface area contributed by atoms with Crippen LogP contribution in [0.25, 0.3) is 5.76 Å². The number of rotatable bonds is 5. The molecule has 1 fully saturated rings. The molecule has 0 radical (unpaired) electrons. The van der Waals surface area contributed by atoms with Crippen molar-refractivity contribution in [1.82, 2.24) is 0 Å². The number of ketones is 1. The number of carbonyl (C=O) groups is 2. The van der Waals surface area contributed by atoms with Gasteiger partial charge in [0.1, 0.15) is 11.5 Å². The van der Waals surface area contributed by atoms with Gasteiger partial charge in [-0.15, -0.1) is 0 Å². The van der Waals surface area contributed by atoms with Crippen molar-refractivity contribution in [2.24, 2.45) is 0 Å². The molecule has 7 heteroatoms. The highest BCUT2D eigenvalue weighted by atomic mass is 35.5. The predicted octanol–water partition coefficient (Wildman–Crippen LogP) is 7.62. The maximum atomic E-state index is 13.5. The summed E-state index contributed by atoms with van der Waals surface area (Å²) in [4.78, 5) is 28.4. The summed E-state index contributed by atoms with van der Waals surface area (Å²) >= 11 is 12.5. The first-order chi connectivity index (χ1) is 17.4. The number of Topliss-reactive ketones (excluding diaryl/α,β-unsaturated/α-hetero) is 1. The zero-order chi connectivity index (χ0) is 27.1. The normalized spacial score (nSPS) is 17.4. The van der Waals surface area contributed by atoms with Crippen molar-refractivity contribution in [3.8, 4) is 5.75 Å². The first-order valence-corrected chi connectivity index (χ1v) is 12.8. The molecule has 1 N–H and O–H groups in total. The first-order valence-electron chi connectivity index (χ1n) is 12.0. The van der Waals surface area contributed by atoms with Crippen molar-refractivity contribution in [2.75, 3.05) is 11.5 Å². The smallest absolute Gasteiger partial charge is 0.300 e. The molecular weight excluding hydrogens is 509 g/mol. The Morgan fingerprint density at radius 1 is 1.00 bits per heavy atom. The van der Waals surface area contributed by atoms with Gasteiger partial charge in [0.2, 0.25) is 0 Å². The molecule has 1 atom stereocenters. The average Bonchev–Trinajstić information content (AvgIpc) is 3.11. The zero-order valence-corrected chi connectivity index (χ0v) is 22.9. The summed E-state index contributed by atoms with van der Waals surface area (Å²) in [5.41, 5.74) is 3.29. The van der Waals surface area contributed by atoms with E-state index in [-0.39, 0.29) is 16.7 Å². The van der Waals surface area contributed by atoms with E-state index in [2.05, 4.69) is 20.8 Å². The van der Waals surface area contributed by atoms with Crippen LogP contribution in [0.5, 0.6) is 5.75 Å². The van der Waals surface area contributed by atoms with Crippen molar-refractivity contribution >= 4 is 46.3 Å². The number of carbonyl (C=O) groups excluding carboxylic acids is 2. The van der Waals surface area contributed by atoms with Gasteiger partial charge in [0.25, 0.3) is 11.7 Å². The van der Waals surface area contributed by atoms with E-state index in [1.807, 2.05) is 38.1 Å². The van der Waals surface area contributed by atoms with Crippen LogP contribution in [0.2, 0.25) is 10.0 Å². The minimum Gasteiger partial charge on any atom is -0.507 e. The molecular formula is C30H29Cl2NO4. The third-order valence-electron chi connectivity index (χ3n) is 6.47. The molecule has 0 aliphatic carbocycles. The van der Waals surface area contributed by atoms with E-state index in [4.69, 9.17) is 27.9 Å². The highest BCUT2D eigenvalue weighted by Crippen LogP contribution is 2.44. The van der Waals surface area contributed by atoms with Crippen LogP contribution in [-0.2, 0) is 15.0 Å². The number of amides is 1. The molecule has 1 aliphatic heterocycles. The summed E-state index contributed by atoms with van der Waals surface area (Å²) in [5.74, 6) is -1.45. The Morgan fingerprint density at radius 3 is 2.30 bits per heavy atom. The number of aliphatic hydroxyl groups is 1. The Labute approximate surface area is 227 Å². The fraction of sp³-hybridized carbons (Fsp3) is 0.267. The topological polar surface area (TPSA) is 66.8 Å². The number of aryl methyl sites for hydroxylation is 1. The van der Waals surface area contributed by atoms with Crippen LogP contribution < -0.4 is 9.64 Å². The van der Waals surface area contributed by atoms with Crippen LogP contribution in [0.15, 0.2) is 66.2 Å².